The Bertz CT molecular complexity index is 140. The summed E-state index contributed by atoms with van der Waals surface area (Å²) in [6, 6.07) is 0. The van der Waals surface area contributed by atoms with Crippen LogP contribution in [0.15, 0.2) is 0 Å². The van der Waals surface area contributed by atoms with Crippen LogP contribution in [0.25, 0.3) is 0 Å². The van der Waals surface area contributed by atoms with Gasteiger partial charge in [-0.2, -0.15) is 0 Å². The van der Waals surface area contributed by atoms with E-state index >= 15 is 0 Å². The summed E-state index contributed by atoms with van der Waals surface area (Å²) in [4.78, 5) is 0. The van der Waals surface area contributed by atoms with Crippen LogP contribution in [-0.4, -0.2) is 53.6 Å². The van der Waals surface area contributed by atoms with Gasteiger partial charge >= 0.3 is 0 Å². The number of aliphatic hydroxyl groups is 3. The van der Waals surface area contributed by atoms with E-state index in [0.29, 0.717) is 0 Å². The highest BCUT2D eigenvalue weighted by atomic mass is 16.7. The molecule has 0 aliphatic carbocycles. The summed E-state index contributed by atoms with van der Waals surface area (Å²) < 4.78 is 9.85. The summed E-state index contributed by atoms with van der Waals surface area (Å²) in [5.41, 5.74) is 0. The van der Waals surface area contributed by atoms with Crippen LogP contribution in [0.4, 0.5) is 0 Å². The van der Waals surface area contributed by atoms with E-state index in [1.165, 1.54) is 7.11 Å². The number of hydrogen-bond donors (Lipinski definition) is 3. The molecule has 0 bridgehead atoms. The van der Waals surface area contributed by atoms with Crippen LogP contribution >= 0.6 is 0 Å². The number of methoxy groups -OCH3 is 1. The van der Waals surface area contributed by atoms with Crippen LogP contribution in [0.5, 0.6) is 0 Å². The maximum absolute atomic E-state index is 9.27. The molecule has 72 valence electrons. The Morgan fingerprint density at radius 3 is 2.67 bits per heavy atom. The number of ether oxygens (including phenoxy) is 2. The van der Waals surface area contributed by atoms with E-state index in [9.17, 15) is 10.2 Å². The van der Waals surface area contributed by atoms with E-state index in [1.807, 2.05) is 0 Å². The molecule has 1 heterocycles. The molecule has 1 aliphatic heterocycles. The molecular formula is C7H14O5. The number of aliphatic hydroxyl groups excluding tert-OH is 3. The van der Waals surface area contributed by atoms with E-state index in [2.05, 4.69) is 0 Å². The zero-order valence-electron chi connectivity index (χ0n) is 6.88. The Hall–Kier alpha value is -0.200. The summed E-state index contributed by atoms with van der Waals surface area (Å²) >= 11 is 0. The van der Waals surface area contributed by atoms with Gasteiger partial charge < -0.3 is 24.8 Å². The predicted molar refractivity (Wildman–Crippen MR) is 39.4 cm³/mol. The molecule has 0 radical (unpaired) electrons. The van der Waals surface area contributed by atoms with Crippen LogP contribution in [0.1, 0.15) is 6.42 Å². The minimum Gasteiger partial charge on any atom is -0.394 e. The Labute approximate surface area is 70.5 Å². The zero-order chi connectivity index (χ0) is 9.14. The Morgan fingerprint density at radius 2 is 2.17 bits per heavy atom. The molecule has 0 aromatic rings. The van der Waals surface area contributed by atoms with Gasteiger partial charge in [0.15, 0.2) is 6.29 Å². The van der Waals surface area contributed by atoms with Gasteiger partial charge in [0.05, 0.1) is 18.8 Å². The molecule has 4 atom stereocenters. The van der Waals surface area contributed by atoms with Crippen molar-refractivity contribution in [1.29, 1.82) is 0 Å². The van der Waals surface area contributed by atoms with E-state index in [-0.39, 0.29) is 13.0 Å². The highest BCUT2D eigenvalue weighted by molar-refractivity contribution is 4.80. The average molecular weight is 178 g/mol. The molecule has 0 spiro atoms. The van der Waals surface area contributed by atoms with Crippen molar-refractivity contribution in [1.82, 2.24) is 0 Å². The highest BCUT2D eigenvalue weighted by Gasteiger charge is 2.36. The first-order chi connectivity index (χ1) is 5.69. The summed E-state index contributed by atoms with van der Waals surface area (Å²) in [5.74, 6) is 0. The van der Waals surface area contributed by atoms with Gasteiger partial charge in [0.2, 0.25) is 0 Å². The molecule has 0 unspecified atom stereocenters. The lowest BCUT2D eigenvalue weighted by Crippen LogP contribution is -2.49. The van der Waals surface area contributed by atoms with E-state index in [4.69, 9.17) is 14.6 Å². The van der Waals surface area contributed by atoms with Crippen LogP contribution < -0.4 is 0 Å². The first-order valence-corrected chi connectivity index (χ1v) is 3.84. The van der Waals surface area contributed by atoms with E-state index in [1.54, 1.807) is 0 Å². The standard InChI is InChI=1S/C7H14O5/c1-11-7-6(10)5(9)2-4(3-8)12-7/h4-10H,2-3H2,1H3/t4-,5-,6-,7+/m0/s1. The monoisotopic (exact) mass is 178 g/mol. The minimum atomic E-state index is -1.03. The lowest BCUT2D eigenvalue weighted by atomic mass is 10.0. The minimum absolute atomic E-state index is 0.177. The summed E-state index contributed by atoms with van der Waals surface area (Å²) in [6.07, 6.45) is -2.98. The molecule has 1 saturated heterocycles. The van der Waals surface area contributed by atoms with Crippen molar-refractivity contribution in [3.05, 3.63) is 0 Å². The topological polar surface area (TPSA) is 79.2 Å². The van der Waals surface area contributed by atoms with Crippen LogP contribution in [0.2, 0.25) is 0 Å². The lowest BCUT2D eigenvalue weighted by molar-refractivity contribution is -0.262. The van der Waals surface area contributed by atoms with Crippen LogP contribution in [-0.2, 0) is 9.47 Å². The summed E-state index contributed by atoms with van der Waals surface area (Å²) in [5, 5.41) is 27.3. The van der Waals surface area contributed by atoms with Crippen LogP contribution in [0.3, 0.4) is 0 Å². The SMILES string of the molecule is CO[C@@H]1O[C@H](CO)C[C@H](O)[C@@H]1O. The second-order valence-corrected chi connectivity index (χ2v) is 2.84. The first kappa shape index (κ1) is 9.88. The van der Waals surface area contributed by atoms with Gasteiger partial charge in [-0.3, -0.25) is 0 Å². The van der Waals surface area contributed by atoms with Crippen molar-refractivity contribution in [3.8, 4) is 0 Å². The fourth-order valence-corrected chi connectivity index (χ4v) is 1.23. The molecule has 5 nitrogen and oxygen atoms in total. The van der Waals surface area contributed by atoms with Gasteiger partial charge in [0.1, 0.15) is 6.10 Å². The van der Waals surface area contributed by atoms with Crippen molar-refractivity contribution in [2.75, 3.05) is 13.7 Å². The van der Waals surface area contributed by atoms with Crippen molar-refractivity contribution in [2.45, 2.75) is 31.0 Å². The molecule has 0 saturated carbocycles. The molecule has 0 amide bonds. The van der Waals surface area contributed by atoms with Gasteiger partial charge in [0, 0.05) is 13.5 Å². The first-order valence-electron chi connectivity index (χ1n) is 3.84. The molecule has 5 heteroatoms. The molecule has 1 fully saturated rings. The lowest BCUT2D eigenvalue weighted by Gasteiger charge is -2.35. The third-order valence-corrected chi connectivity index (χ3v) is 1.94. The van der Waals surface area contributed by atoms with Gasteiger partial charge in [-0.15, -0.1) is 0 Å². The highest BCUT2D eigenvalue weighted by Crippen LogP contribution is 2.20. The average Bonchev–Trinajstić information content (AvgIpc) is 2.09. The largest absolute Gasteiger partial charge is 0.394 e. The molecule has 0 aromatic carbocycles. The van der Waals surface area contributed by atoms with Gasteiger partial charge in [-0.25, -0.2) is 0 Å². The second-order valence-electron chi connectivity index (χ2n) is 2.84. The third-order valence-electron chi connectivity index (χ3n) is 1.94. The maximum Gasteiger partial charge on any atom is 0.186 e. The summed E-state index contributed by atoms with van der Waals surface area (Å²) in [7, 11) is 1.38. The molecule has 12 heavy (non-hydrogen) atoms. The van der Waals surface area contributed by atoms with E-state index < -0.39 is 24.6 Å². The molecular weight excluding hydrogens is 164 g/mol. The van der Waals surface area contributed by atoms with Crippen molar-refractivity contribution in [3.63, 3.8) is 0 Å². The smallest absolute Gasteiger partial charge is 0.186 e. The molecule has 1 aliphatic rings. The Kier molecular flexibility index (Phi) is 3.42. The fraction of sp³-hybridized carbons (Fsp3) is 1.00. The molecule has 1 rings (SSSR count). The maximum atomic E-state index is 9.27. The normalized spacial score (nSPS) is 43.0. The Balaban J connectivity index is 2.52. The van der Waals surface area contributed by atoms with Gasteiger partial charge in [-0.05, 0) is 0 Å². The summed E-state index contributed by atoms with van der Waals surface area (Å²) in [6.45, 7) is -0.177. The molecule has 3 N–H and O–H groups in total. The van der Waals surface area contributed by atoms with Crippen molar-refractivity contribution in [2.24, 2.45) is 0 Å². The van der Waals surface area contributed by atoms with Crippen molar-refractivity contribution < 1.29 is 24.8 Å². The second kappa shape index (κ2) is 4.15. The number of hydrogen-bond acceptors (Lipinski definition) is 5. The van der Waals surface area contributed by atoms with Gasteiger partial charge in [0.25, 0.3) is 0 Å². The number of rotatable bonds is 2. The third kappa shape index (κ3) is 1.94. The molecule has 0 aromatic heterocycles. The van der Waals surface area contributed by atoms with Gasteiger partial charge in [-0.1, -0.05) is 0 Å². The van der Waals surface area contributed by atoms with Crippen LogP contribution in [0, 0.1) is 0 Å². The predicted octanol–water partition coefficient (Wildman–Crippen LogP) is -1.54. The fourth-order valence-electron chi connectivity index (χ4n) is 1.23. The quantitative estimate of drug-likeness (QED) is 0.477. The van der Waals surface area contributed by atoms with Crippen molar-refractivity contribution >= 4 is 0 Å². The Morgan fingerprint density at radius 1 is 1.50 bits per heavy atom. The zero-order valence-corrected chi connectivity index (χ0v) is 6.88. The van der Waals surface area contributed by atoms with E-state index in [0.717, 1.165) is 0 Å².